The van der Waals surface area contributed by atoms with Crippen molar-refractivity contribution in [2.75, 3.05) is 13.2 Å². The molecule has 0 rings (SSSR count). The molecule has 0 heterocycles. The Bertz CT molecular complexity index is 1110. The fraction of sp³-hybridized carbons (Fsp3) is 0.807. The summed E-state index contributed by atoms with van der Waals surface area (Å²) in [6.07, 6.45) is 62.4. The Balaban J connectivity index is 4.41. The number of allylic oxidation sites excluding steroid dienone is 8. The van der Waals surface area contributed by atoms with E-state index < -0.39 is 6.10 Å². The SMILES string of the molecule is CCCCC/C=C\C/C=C\CCCCCCCCCC(=O)OCC(COC(=O)CCCCC/C=C\CCCCCCCCC)OC(=O)CCCCC/C=C\CCCCCCCCC. The lowest BCUT2D eigenvalue weighted by molar-refractivity contribution is -0.167. The second-order valence-electron chi connectivity index (χ2n) is 18.1. The highest BCUT2D eigenvalue weighted by Crippen LogP contribution is 2.14. The van der Waals surface area contributed by atoms with Crippen molar-refractivity contribution in [1.29, 1.82) is 0 Å². The molecule has 0 radical (unpaired) electrons. The molecule has 0 N–H and O–H groups in total. The Morgan fingerprint density at radius 3 is 0.937 bits per heavy atom. The van der Waals surface area contributed by atoms with E-state index in [1.54, 1.807) is 0 Å². The van der Waals surface area contributed by atoms with Gasteiger partial charge >= 0.3 is 17.9 Å². The van der Waals surface area contributed by atoms with Crippen LogP contribution >= 0.6 is 0 Å². The van der Waals surface area contributed by atoms with Crippen molar-refractivity contribution in [1.82, 2.24) is 0 Å². The predicted octanol–water partition coefficient (Wildman–Crippen LogP) is 17.9. The predicted molar refractivity (Wildman–Crippen MR) is 270 cm³/mol. The average molecular weight is 883 g/mol. The maximum atomic E-state index is 12.8. The minimum atomic E-state index is -0.789. The molecular formula is C57H102O6. The molecule has 0 amide bonds. The summed E-state index contributed by atoms with van der Waals surface area (Å²) < 4.78 is 16.8. The number of hydrogen-bond acceptors (Lipinski definition) is 6. The first-order valence-corrected chi connectivity index (χ1v) is 27.1. The van der Waals surface area contributed by atoms with Gasteiger partial charge in [-0.1, -0.05) is 204 Å². The lowest BCUT2D eigenvalue weighted by atomic mass is 10.1. The van der Waals surface area contributed by atoms with Gasteiger partial charge in [0, 0.05) is 19.3 Å². The molecule has 0 aromatic carbocycles. The van der Waals surface area contributed by atoms with Crippen LogP contribution in [-0.2, 0) is 28.6 Å². The summed E-state index contributed by atoms with van der Waals surface area (Å²) in [6.45, 7) is 6.59. The van der Waals surface area contributed by atoms with Crippen molar-refractivity contribution in [3.05, 3.63) is 48.6 Å². The highest BCUT2D eigenvalue weighted by Gasteiger charge is 2.19. The zero-order valence-electron chi connectivity index (χ0n) is 41.8. The molecule has 6 nitrogen and oxygen atoms in total. The van der Waals surface area contributed by atoms with Gasteiger partial charge in [-0.15, -0.1) is 0 Å². The second-order valence-corrected chi connectivity index (χ2v) is 18.1. The first-order chi connectivity index (χ1) is 31.0. The van der Waals surface area contributed by atoms with Crippen LogP contribution in [0.25, 0.3) is 0 Å². The van der Waals surface area contributed by atoms with Gasteiger partial charge in [0.2, 0.25) is 0 Å². The van der Waals surface area contributed by atoms with Gasteiger partial charge in [0.1, 0.15) is 13.2 Å². The fourth-order valence-corrected chi connectivity index (χ4v) is 7.64. The first-order valence-electron chi connectivity index (χ1n) is 27.1. The zero-order valence-corrected chi connectivity index (χ0v) is 41.8. The smallest absolute Gasteiger partial charge is 0.306 e. The Morgan fingerprint density at radius 2 is 0.571 bits per heavy atom. The molecule has 0 aliphatic carbocycles. The van der Waals surface area contributed by atoms with Crippen molar-refractivity contribution < 1.29 is 28.6 Å². The van der Waals surface area contributed by atoms with Gasteiger partial charge in [-0.05, 0) is 103 Å². The third kappa shape index (κ3) is 50.2. The van der Waals surface area contributed by atoms with Crippen LogP contribution in [0.3, 0.4) is 0 Å². The van der Waals surface area contributed by atoms with Crippen LogP contribution in [0.1, 0.15) is 278 Å². The molecule has 366 valence electrons. The van der Waals surface area contributed by atoms with Crippen LogP contribution in [0.4, 0.5) is 0 Å². The lowest BCUT2D eigenvalue weighted by Gasteiger charge is -2.18. The summed E-state index contributed by atoms with van der Waals surface area (Å²) in [7, 11) is 0. The van der Waals surface area contributed by atoms with Crippen molar-refractivity contribution in [3.8, 4) is 0 Å². The van der Waals surface area contributed by atoms with Crippen molar-refractivity contribution in [2.45, 2.75) is 284 Å². The van der Waals surface area contributed by atoms with E-state index in [0.717, 1.165) is 96.3 Å². The molecule has 6 heteroatoms. The van der Waals surface area contributed by atoms with E-state index in [9.17, 15) is 14.4 Å². The molecule has 1 atom stereocenters. The van der Waals surface area contributed by atoms with Crippen LogP contribution in [0, 0.1) is 0 Å². The molecule has 0 spiro atoms. The maximum absolute atomic E-state index is 12.8. The topological polar surface area (TPSA) is 78.9 Å². The van der Waals surface area contributed by atoms with Gasteiger partial charge < -0.3 is 14.2 Å². The van der Waals surface area contributed by atoms with Crippen molar-refractivity contribution in [3.63, 3.8) is 0 Å². The minimum Gasteiger partial charge on any atom is -0.462 e. The van der Waals surface area contributed by atoms with Crippen LogP contribution in [0.15, 0.2) is 48.6 Å². The van der Waals surface area contributed by atoms with Gasteiger partial charge in [-0.2, -0.15) is 0 Å². The monoisotopic (exact) mass is 883 g/mol. The molecule has 0 aliphatic rings. The lowest BCUT2D eigenvalue weighted by Crippen LogP contribution is -2.30. The number of carbonyl (C=O) groups is 3. The van der Waals surface area contributed by atoms with E-state index in [1.807, 2.05) is 0 Å². The summed E-state index contributed by atoms with van der Waals surface area (Å²) >= 11 is 0. The normalized spacial score (nSPS) is 12.4. The summed E-state index contributed by atoms with van der Waals surface area (Å²) in [5.74, 6) is -0.918. The first kappa shape index (κ1) is 60.4. The molecule has 0 aromatic rings. The highest BCUT2D eigenvalue weighted by atomic mass is 16.6. The van der Waals surface area contributed by atoms with Crippen molar-refractivity contribution in [2.24, 2.45) is 0 Å². The van der Waals surface area contributed by atoms with Gasteiger partial charge in [-0.25, -0.2) is 0 Å². The third-order valence-corrected chi connectivity index (χ3v) is 11.8. The Kier molecular flexibility index (Phi) is 49.8. The third-order valence-electron chi connectivity index (χ3n) is 11.8. The number of ether oxygens (including phenoxy) is 3. The zero-order chi connectivity index (χ0) is 45.8. The Morgan fingerprint density at radius 1 is 0.317 bits per heavy atom. The summed E-state index contributed by atoms with van der Waals surface area (Å²) in [5.41, 5.74) is 0. The van der Waals surface area contributed by atoms with Gasteiger partial charge in [0.05, 0.1) is 0 Å². The molecule has 0 fully saturated rings. The molecule has 1 unspecified atom stereocenters. The van der Waals surface area contributed by atoms with Crippen LogP contribution in [0.5, 0.6) is 0 Å². The number of rotatable bonds is 49. The van der Waals surface area contributed by atoms with E-state index >= 15 is 0 Å². The molecule has 0 saturated carbocycles. The quantitative estimate of drug-likeness (QED) is 0.0262. The Labute approximate surface area is 390 Å². The molecule has 0 saturated heterocycles. The number of unbranched alkanes of at least 4 members (excludes halogenated alkanes) is 30. The van der Waals surface area contributed by atoms with Gasteiger partial charge in [0.15, 0.2) is 6.10 Å². The molecule has 0 bridgehead atoms. The van der Waals surface area contributed by atoms with E-state index in [0.29, 0.717) is 19.3 Å². The number of hydrogen-bond donors (Lipinski definition) is 0. The molecular weight excluding hydrogens is 781 g/mol. The van der Waals surface area contributed by atoms with E-state index in [2.05, 4.69) is 69.4 Å². The highest BCUT2D eigenvalue weighted by molar-refractivity contribution is 5.71. The number of carbonyl (C=O) groups excluding carboxylic acids is 3. The van der Waals surface area contributed by atoms with Crippen LogP contribution < -0.4 is 0 Å². The van der Waals surface area contributed by atoms with E-state index in [-0.39, 0.29) is 31.1 Å². The summed E-state index contributed by atoms with van der Waals surface area (Å²) in [6, 6.07) is 0. The summed E-state index contributed by atoms with van der Waals surface area (Å²) in [5, 5.41) is 0. The Hall–Kier alpha value is -2.63. The maximum Gasteiger partial charge on any atom is 0.306 e. The van der Waals surface area contributed by atoms with Crippen LogP contribution in [-0.4, -0.2) is 37.2 Å². The second kappa shape index (κ2) is 52.0. The van der Waals surface area contributed by atoms with Crippen molar-refractivity contribution >= 4 is 17.9 Å². The molecule has 0 aliphatic heterocycles. The fourth-order valence-electron chi connectivity index (χ4n) is 7.64. The van der Waals surface area contributed by atoms with Crippen LogP contribution in [0.2, 0.25) is 0 Å². The average Bonchev–Trinajstić information content (AvgIpc) is 3.28. The molecule has 0 aromatic heterocycles. The minimum absolute atomic E-state index is 0.0870. The van der Waals surface area contributed by atoms with E-state index in [4.69, 9.17) is 14.2 Å². The van der Waals surface area contributed by atoms with Gasteiger partial charge in [0.25, 0.3) is 0 Å². The largest absolute Gasteiger partial charge is 0.462 e. The van der Waals surface area contributed by atoms with E-state index in [1.165, 1.54) is 141 Å². The standard InChI is InChI=1S/C57H102O6/c1-4-7-10-13-16-19-22-25-28-29-30-33-35-38-41-44-47-50-56(59)62-53-54(63-57(60)51-48-45-42-39-36-32-27-24-21-18-15-12-9-6-3)52-61-55(58)49-46-43-40-37-34-31-26-23-20-17-14-11-8-5-2/h16,19,25,28,31-32,34,36,54H,4-15,17-18,20-24,26-27,29-30,33,35,37-53H2,1-3H3/b19-16-,28-25-,34-31-,36-32-. The number of esters is 3. The van der Waals surface area contributed by atoms with Gasteiger partial charge in [-0.3, -0.25) is 14.4 Å². The summed E-state index contributed by atoms with van der Waals surface area (Å²) in [4.78, 5) is 38.0. The molecule has 63 heavy (non-hydrogen) atoms.